The smallest absolute Gasteiger partial charge is 0.134 e. The van der Waals surface area contributed by atoms with E-state index < -0.39 is 0 Å². The Hall–Kier alpha value is -1.51. The van der Waals surface area contributed by atoms with Gasteiger partial charge in [0.15, 0.2) is 0 Å². The molecule has 0 aliphatic heterocycles. The summed E-state index contributed by atoms with van der Waals surface area (Å²) in [5.74, 6) is 1.95. The van der Waals surface area contributed by atoms with Crippen LogP contribution in [0.15, 0.2) is 30.7 Å². The van der Waals surface area contributed by atoms with Crippen molar-refractivity contribution in [2.45, 2.75) is 6.92 Å². The lowest BCUT2D eigenvalue weighted by atomic mass is 10.7. The van der Waals surface area contributed by atoms with Crippen molar-refractivity contribution < 1.29 is 0 Å². The van der Waals surface area contributed by atoms with Gasteiger partial charge in [0.2, 0.25) is 0 Å². The molecule has 2 heterocycles. The van der Waals surface area contributed by atoms with Gasteiger partial charge in [0.05, 0.1) is 6.20 Å². The second kappa shape index (κ2) is 2.27. The molecule has 0 atom stereocenters. The third-order valence-corrected chi connectivity index (χ3v) is 1.57. The molecule has 0 aromatic carbocycles. The molecule has 1 N–H and O–H groups in total. The molecule has 0 saturated carbocycles. The fourth-order valence-corrected chi connectivity index (χ4v) is 1.03. The Kier molecular flexibility index (Phi) is 1.28. The first-order valence-corrected chi connectivity index (χ1v) is 3.51. The highest BCUT2D eigenvalue weighted by molar-refractivity contribution is 5.20. The first-order chi connectivity index (χ1) is 5.36. The van der Waals surface area contributed by atoms with Crippen LogP contribution in [0.3, 0.4) is 0 Å². The summed E-state index contributed by atoms with van der Waals surface area (Å²) >= 11 is 0. The van der Waals surface area contributed by atoms with E-state index in [4.69, 9.17) is 0 Å². The lowest BCUT2D eigenvalue weighted by Gasteiger charge is -1.94. The number of imidazole rings is 1. The zero-order valence-corrected chi connectivity index (χ0v) is 6.28. The highest BCUT2D eigenvalue weighted by atomic mass is 15.1. The zero-order chi connectivity index (χ0) is 7.68. The second-order valence-corrected chi connectivity index (χ2v) is 2.44. The van der Waals surface area contributed by atoms with Gasteiger partial charge in [-0.25, -0.2) is 4.98 Å². The van der Waals surface area contributed by atoms with Gasteiger partial charge in [-0.3, -0.25) is 0 Å². The van der Waals surface area contributed by atoms with Crippen molar-refractivity contribution in [1.82, 2.24) is 14.5 Å². The van der Waals surface area contributed by atoms with Crippen molar-refractivity contribution in [1.29, 1.82) is 0 Å². The number of nitrogens with one attached hydrogen (secondary N) is 1. The van der Waals surface area contributed by atoms with Gasteiger partial charge in [-0.15, -0.1) is 0 Å². The zero-order valence-electron chi connectivity index (χ0n) is 6.28. The summed E-state index contributed by atoms with van der Waals surface area (Å²) < 4.78 is 1.99. The first kappa shape index (κ1) is 6.22. The van der Waals surface area contributed by atoms with Crippen molar-refractivity contribution >= 4 is 0 Å². The average Bonchev–Trinajstić information content (AvgIpc) is 2.55. The van der Waals surface area contributed by atoms with Crippen molar-refractivity contribution in [3.8, 4) is 5.82 Å². The molecule has 0 unspecified atom stereocenters. The van der Waals surface area contributed by atoms with E-state index in [9.17, 15) is 0 Å². The Morgan fingerprint density at radius 1 is 1.36 bits per heavy atom. The summed E-state index contributed by atoms with van der Waals surface area (Å²) in [7, 11) is 0. The highest BCUT2D eigenvalue weighted by Crippen LogP contribution is 2.03. The minimum absolute atomic E-state index is 0.939. The van der Waals surface area contributed by atoms with Gasteiger partial charge in [0.1, 0.15) is 11.6 Å². The Morgan fingerprint density at radius 2 is 2.09 bits per heavy atom. The van der Waals surface area contributed by atoms with Crippen LogP contribution in [-0.2, 0) is 0 Å². The molecule has 3 nitrogen and oxygen atoms in total. The highest BCUT2D eigenvalue weighted by Gasteiger charge is 1.95. The molecular weight excluding hydrogens is 138 g/mol. The van der Waals surface area contributed by atoms with Gasteiger partial charge >= 0.3 is 0 Å². The summed E-state index contributed by atoms with van der Waals surface area (Å²) in [5, 5.41) is 0. The maximum Gasteiger partial charge on any atom is 0.134 e. The summed E-state index contributed by atoms with van der Waals surface area (Å²) in [5.41, 5.74) is 0. The van der Waals surface area contributed by atoms with Gasteiger partial charge in [-0.2, -0.15) is 0 Å². The van der Waals surface area contributed by atoms with E-state index in [-0.39, 0.29) is 0 Å². The van der Waals surface area contributed by atoms with Crippen molar-refractivity contribution in [3.05, 3.63) is 36.5 Å². The molecule has 0 saturated heterocycles. The van der Waals surface area contributed by atoms with E-state index >= 15 is 0 Å². The molecule has 2 aromatic rings. The Bertz CT molecular complexity index is 332. The quantitative estimate of drug-likeness (QED) is 0.651. The average molecular weight is 147 g/mol. The van der Waals surface area contributed by atoms with Crippen molar-refractivity contribution in [2.24, 2.45) is 0 Å². The van der Waals surface area contributed by atoms with Gasteiger partial charge in [-0.05, 0) is 19.1 Å². The Labute approximate surface area is 64.7 Å². The third kappa shape index (κ3) is 1.05. The van der Waals surface area contributed by atoms with Gasteiger partial charge in [-0.1, -0.05) is 0 Å². The number of aromatic amines is 1. The predicted octanol–water partition coefficient (Wildman–Crippen LogP) is 1.51. The van der Waals surface area contributed by atoms with Crippen LogP contribution in [0.25, 0.3) is 5.82 Å². The topological polar surface area (TPSA) is 33.6 Å². The summed E-state index contributed by atoms with van der Waals surface area (Å²) in [4.78, 5) is 7.23. The van der Waals surface area contributed by atoms with E-state index in [0.29, 0.717) is 0 Å². The van der Waals surface area contributed by atoms with Crippen LogP contribution in [-0.4, -0.2) is 14.5 Å². The molecule has 0 aliphatic carbocycles. The first-order valence-electron chi connectivity index (χ1n) is 3.51. The fourth-order valence-electron chi connectivity index (χ4n) is 1.03. The van der Waals surface area contributed by atoms with E-state index in [1.54, 1.807) is 0 Å². The van der Waals surface area contributed by atoms with E-state index in [0.717, 1.165) is 11.6 Å². The fraction of sp³-hybridized carbons (Fsp3) is 0.125. The maximum atomic E-state index is 4.10. The summed E-state index contributed by atoms with van der Waals surface area (Å²) in [6.45, 7) is 1.94. The minimum Gasteiger partial charge on any atom is -0.329 e. The number of hydrogen-bond donors (Lipinski definition) is 1. The molecule has 11 heavy (non-hydrogen) atoms. The second-order valence-electron chi connectivity index (χ2n) is 2.44. The predicted molar refractivity (Wildman–Crippen MR) is 42.7 cm³/mol. The standard InChI is InChI=1S/C8H9N3/c1-7-9-6-8(10-7)11-4-2-3-5-11/h2-6H,1H3,(H,9,10). The third-order valence-electron chi connectivity index (χ3n) is 1.57. The van der Waals surface area contributed by atoms with Crippen LogP contribution in [0, 0.1) is 6.92 Å². The van der Waals surface area contributed by atoms with Crippen LogP contribution < -0.4 is 0 Å². The molecule has 3 heteroatoms. The Balaban J connectivity index is 2.45. The van der Waals surface area contributed by atoms with Crippen molar-refractivity contribution in [3.63, 3.8) is 0 Å². The molecule has 0 amide bonds. The van der Waals surface area contributed by atoms with Crippen LogP contribution in [0.4, 0.5) is 0 Å². The number of aryl methyl sites for hydroxylation is 1. The largest absolute Gasteiger partial charge is 0.329 e. The summed E-state index contributed by atoms with van der Waals surface area (Å²) in [6, 6.07) is 3.96. The van der Waals surface area contributed by atoms with Crippen LogP contribution >= 0.6 is 0 Å². The number of nitrogens with zero attached hydrogens (tertiary/aromatic N) is 2. The van der Waals surface area contributed by atoms with Gasteiger partial charge in [0, 0.05) is 12.4 Å². The Morgan fingerprint density at radius 3 is 2.64 bits per heavy atom. The van der Waals surface area contributed by atoms with E-state index in [2.05, 4.69) is 9.97 Å². The number of aromatic nitrogens is 3. The monoisotopic (exact) mass is 147 g/mol. The summed E-state index contributed by atoms with van der Waals surface area (Å²) in [6.07, 6.45) is 5.77. The number of hydrogen-bond acceptors (Lipinski definition) is 1. The molecule has 2 rings (SSSR count). The number of rotatable bonds is 1. The van der Waals surface area contributed by atoms with Crippen LogP contribution in [0.1, 0.15) is 5.82 Å². The molecule has 0 radical (unpaired) electrons. The minimum atomic E-state index is 0.939. The lowest BCUT2D eigenvalue weighted by molar-refractivity contribution is 1.01. The maximum absolute atomic E-state index is 4.10. The van der Waals surface area contributed by atoms with Crippen LogP contribution in [0.5, 0.6) is 0 Å². The molecule has 0 spiro atoms. The SMILES string of the molecule is Cc1ncc(-n2cccc2)[nH]1. The van der Waals surface area contributed by atoms with E-state index in [1.807, 2.05) is 42.2 Å². The molecule has 0 aliphatic rings. The lowest BCUT2D eigenvalue weighted by Crippen LogP contribution is -1.88. The molecule has 0 bridgehead atoms. The normalized spacial score (nSPS) is 10.3. The molecule has 56 valence electrons. The molecule has 2 aromatic heterocycles. The number of H-pyrrole nitrogens is 1. The van der Waals surface area contributed by atoms with Gasteiger partial charge < -0.3 is 9.55 Å². The van der Waals surface area contributed by atoms with Crippen LogP contribution in [0.2, 0.25) is 0 Å². The molecular formula is C8H9N3. The molecule has 0 fully saturated rings. The van der Waals surface area contributed by atoms with Crippen molar-refractivity contribution in [2.75, 3.05) is 0 Å². The van der Waals surface area contributed by atoms with Gasteiger partial charge in [0.25, 0.3) is 0 Å². The van der Waals surface area contributed by atoms with E-state index in [1.165, 1.54) is 0 Å².